The van der Waals surface area contributed by atoms with Crippen LogP contribution in [0.4, 0.5) is 4.79 Å². The second-order valence-electron chi connectivity index (χ2n) is 6.15. The largest absolute Gasteiger partial charge is 0.496 e. The summed E-state index contributed by atoms with van der Waals surface area (Å²) in [5.41, 5.74) is 0.725. The van der Waals surface area contributed by atoms with Crippen molar-refractivity contribution in [1.82, 2.24) is 5.32 Å². The Labute approximate surface area is 140 Å². The number of hydrogen-bond acceptors (Lipinski definition) is 4. The predicted octanol–water partition coefficient (Wildman–Crippen LogP) is 3.18. The van der Waals surface area contributed by atoms with Gasteiger partial charge in [0, 0.05) is 11.4 Å². The van der Waals surface area contributed by atoms with Gasteiger partial charge in [-0.1, -0.05) is 17.7 Å². The van der Waals surface area contributed by atoms with Crippen LogP contribution in [0.15, 0.2) is 12.1 Å². The Bertz CT molecular complexity index is 595. The van der Waals surface area contributed by atoms with Gasteiger partial charge < -0.3 is 19.9 Å². The van der Waals surface area contributed by atoms with Crippen molar-refractivity contribution in [2.75, 3.05) is 7.11 Å². The number of carboxylic acid groups (broad SMARTS) is 1. The molecule has 0 aliphatic carbocycles. The molecule has 1 amide bonds. The van der Waals surface area contributed by atoms with Gasteiger partial charge in [-0.2, -0.15) is 0 Å². The van der Waals surface area contributed by atoms with Gasteiger partial charge in [0.25, 0.3) is 0 Å². The standard InChI is InChI=1S/C16H22ClNO5/c1-9-6-10(13(22-5)8-11(9)17)7-12(14(19)20)18-15(21)23-16(2,3)4/h6,8,12H,7H2,1-5H3,(H,18,21)(H,19,20). The van der Waals surface area contributed by atoms with Gasteiger partial charge in [-0.3, -0.25) is 0 Å². The number of ether oxygens (including phenoxy) is 2. The van der Waals surface area contributed by atoms with Crippen molar-refractivity contribution in [2.45, 2.75) is 45.8 Å². The number of carbonyl (C=O) groups is 2. The Kier molecular flexibility index (Phi) is 6.27. The summed E-state index contributed by atoms with van der Waals surface area (Å²) in [5, 5.41) is 12.2. The fraction of sp³-hybridized carbons (Fsp3) is 0.500. The van der Waals surface area contributed by atoms with Gasteiger partial charge in [-0.25, -0.2) is 9.59 Å². The first-order valence-corrected chi connectivity index (χ1v) is 7.46. The molecule has 1 atom stereocenters. The number of aryl methyl sites for hydroxylation is 1. The molecule has 1 unspecified atom stereocenters. The van der Waals surface area contributed by atoms with Crippen LogP contribution in [0.3, 0.4) is 0 Å². The molecule has 0 aromatic heterocycles. The van der Waals surface area contributed by atoms with Crippen molar-refractivity contribution >= 4 is 23.7 Å². The van der Waals surface area contributed by atoms with Crippen molar-refractivity contribution in [2.24, 2.45) is 0 Å². The van der Waals surface area contributed by atoms with Gasteiger partial charge in [-0.15, -0.1) is 0 Å². The number of methoxy groups -OCH3 is 1. The van der Waals surface area contributed by atoms with Crippen molar-refractivity contribution in [3.8, 4) is 5.75 Å². The van der Waals surface area contributed by atoms with Crippen molar-refractivity contribution in [3.05, 3.63) is 28.3 Å². The molecule has 0 radical (unpaired) electrons. The lowest BCUT2D eigenvalue weighted by Crippen LogP contribution is -2.44. The summed E-state index contributed by atoms with van der Waals surface area (Å²) < 4.78 is 10.3. The minimum Gasteiger partial charge on any atom is -0.496 e. The topological polar surface area (TPSA) is 84.9 Å². The first-order valence-electron chi connectivity index (χ1n) is 7.09. The molecule has 0 fully saturated rings. The van der Waals surface area contributed by atoms with Crippen LogP contribution in [0, 0.1) is 6.92 Å². The number of nitrogens with one attached hydrogen (secondary N) is 1. The molecule has 0 saturated carbocycles. The van der Waals surface area contributed by atoms with E-state index in [1.807, 2.05) is 6.92 Å². The summed E-state index contributed by atoms with van der Waals surface area (Å²) in [7, 11) is 1.47. The lowest BCUT2D eigenvalue weighted by molar-refractivity contribution is -0.139. The quantitative estimate of drug-likeness (QED) is 0.857. The summed E-state index contributed by atoms with van der Waals surface area (Å²) >= 11 is 6.03. The second-order valence-corrected chi connectivity index (χ2v) is 6.56. The molecule has 0 bridgehead atoms. The van der Waals surface area contributed by atoms with Crippen molar-refractivity contribution < 1.29 is 24.2 Å². The predicted molar refractivity (Wildman–Crippen MR) is 87.2 cm³/mol. The number of carbonyl (C=O) groups excluding carboxylic acids is 1. The Morgan fingerprint density at radius 2 is 1.96 bits per heavy atom. The zero-order valence-corrected chi connectivity index (χ0v) is 14.7. The highest BCUT2D eigenvalue weighted by Gasteiger charge is 2.25. The lowest BCUT2D eigenvalue weighted by atomic mass is 10.0. The van der Waals surface area contributed by atoms with Gasteiger partial charge in [0.1, 0.15) is 17.4 Å². The first-order chi connectivity index (χ1) is 10.5. The number of rotatable bonds is 5. The molecule has 23 heavy (non-hydrogen) atoms. The van der Waals surface area contributed by atoms with Gasteiger partial charge in [0.2, 0.25) is 0 Å². The third kappa shape index (κ3) is 5.98. The fourth-order valence-electron chi connectivity index (χ4n) is 1.94. The number of carboxylic acids is 1. The highest BCUT2D eigenvalue weighted by molar-refractivity contribution is 6.31. The van der Waals surface area contributed by atoms with Crippen LogP contribution in [0.25, 0.3) is 0 Å². The van der Waals surface area contributed by atoms with Gasteiger partial charge in [0.05, 0.1) is 7.11 Å². The van der Waals surface area contributed by atoms with Gasteiger partial charge in [0.15, 0.2) is 0 Å². The van der Waals surface area contributed by atoms with E-state index in [2.05, 4.69) is 5.32 Å². The third-order valence-electron chi connectivity index (χ3n) is 2.97. The molecule has 6 nitrogen and oxygen atoms in total. The molecule has 0 spiro atoms. The van der Waals surface area contributed by atoms with Crippen LogP contribution < -0.4 is 10.1 Å². The van der Waals surface area contributed by atoms with E-state index in [4.69, 9.17) is 21.1 Å². The van der Waals surface area contributed by atoms with E-state index in [0.717, 1.165) is 5.56 Å². The molecule has 1 rings (SSSR count). The summed E-state index contributed by atoms with van der Waals surface area (Å²) in [6.45, 7) is 6.91. The summed E-state index contributed by atoms with van der Waals surface area (Å²) in [4.78, 5) is 23.2. The Hall–Kier alpha value is -1.95. The van der Waals surface area contributed by atoms with Crippen LogP contribution in [-0.4, -0.2) is 35.9 Å². The van der Waals surface area contributed by atoms with E-state index in [-0.39, 0.29) is 6.42 Å². The molecular weight excluding hydrogens is 322 g/mol. The van der Waals surface area contributed by atoms with E-state index in [0.29, 0.717) is 16.3 Å². The number of hydrogen-bond donors (Lipinski definition) is 2. The van der Waals surface area contributed by atoms with Crippen molar-refractivity contribution in [1.29, 1.82) is 0 Å². The molecule has 0 heterocycles. The maximum atomic E-state index is 11.8. The van der Waals surface area contributed by atoms with Gasteiger partial charge in [-0.05, 0) is 44.9 Å². The van der Waals surface area contributed by atoms with E-state index >= 15 is 0 Å². The smallest absolute Gasteiger partial charge is 0.408 e. The summed E-state index contributed by atoms with van der Waals surface area (Å²) in [6.07, 6.45) is -0.731. The number of halogens is 1. The van der Waals surface area contributed by atoms with Crippen LogP contribution in [0.2, 0.25) is 5.02 Å². The zero-order chi connectivity index (χ0) is 17.8. The van der Waals surface area contributed by atoms with E-state index in [9.17, 15) is 14.7 Å². The average molecular weight is 344 g/mol. The Morgan fingerprint density at radius 1 is 1.35 bits per heavy atom. The normalized spacial score (nSPS) is 12.4. The average Bonchev–Trinajstić information content (AvgIpc) is 2.39. The van der Waals surface area contributed by atoms with Crippen molar-refractivity contribution in [3.63, 3.8) is 0 Å². The monoisotopic (exact) mass is 343 g/mol. The highest BCUT2D eigenvalue weighted by Crippen LogP contribution is 2.27. The third-order valence-corrected chi connectivity index (χ3v) is 3.38. The Balaban J connectivity index is 2.95. The van der Waals surface area contributed by atoms with Crippen LogP contribution in [0.5, 0.6) is 5.75 Å². The number of alkyl carbamates (subject to hydrolysis) is 1. The number of aliphatic carboxylic acids is 1. The molecule has 128 valence electrons. The maximum absolute atomic E-state index is 11.8. The number of benzene rings is 1. The number of amides is 1. The van der Waals surface area contributed by atoms with E-state index in [1.54, 1.807) is 32.9 Å². The second kappa shape index (κ2) is 7.55. The highest BCUT2D eigenvalue weighted by atomic mass is 35.5. The lowest BCUT2D eigenvalue weighted by Gasteiger charge is -2.22. The zero-order valence-electron chi connectivity index (χ0n) is 13.9. The fourth-order valence-corrected chi connectivity index (χ4v) is 2.10. The first kappa shape index (κ1) is 19.1. The molecular formula is C16H22ClNO5. The summed E-state index contributed by atoms with van der Waals surface area (Å²) in [5.74, 6) is -0.691. The van der Waals surface area contributed by atoms with E-state index < -0.39 is 23.7 Å². The minimum atomic E-state index is -1.16. The molecule has 1 aromatic rings. The van der Waals surface area contributed by atoms with Crippen LogP contribution in [0.1, 0.15) is 31.9 Å². The van der Waals surface area contributed by atoms with Crippen LogP contribution in [-0.2, 0) is 16.0 Å². The van der Waals surface area contributed by atoms with Gasteiger partial charge >= 0.3 is 12.1 Å². The van der Waals surface area contributed by atoms with Crippen LogP contribution >= 0.6 is 11.6 Å². The molecule has 0 aliphatic rings. The maximum Gasteiger partial charge on any atom is 0.408 e. The summed E-state index contributed by atoms with van der Waals surface area (Å²) in [6, 6.07) is 2.23. The SMILES string of the molecule is COc1cc(Cl)c(C)cc1CC(NC(=O)OC(C)(C)C)C(=O)O. The molecule has 0 saturated heterocycles. The molecule has 0 aliphatic heterocycles. The molecule has 7 heteroatoms. The minimum absolute atomic E-state index is 0.0513. The van der Waals surface area contributed by atoms with E-state index in [1.165, 1.54) is 7.11 Å². The molecule has 1 aromatic carbocycles. The molecule has 2 N–H and O–H groups in total. The Morgan fingerprint density at radius 3 is 2.43 bits per heavy atom.